The molecule has 1 atom stereocenters. The van der Waals surface area contributed by atoms with Crippen LogP contribution in [0.3, 0.4) is 0 Å². The third-order valence-corrected chi connectivity index (χ3v) is 4.86. The maximum atomic E-state index is 9.41. The average Bonchev–Trinajstić information content (AvgIpc) is 2.59. The van der Waals surface area contributed by atoms with E-state index in [1.54, 1.807) is 12.1 Å². The molecule has 1 aliphatic rings. The molecule has 122 valence electrons. The summed E-state index contributed by atoms with van der Waals surface area (Å²) in [5.41, 5.74) is 2.52. The van der Waals surface area contributed by atoms with Gasteiger partial charge in [-0.15, -0.1) is 0 Å². The normalized spacial score (nSPS) is 17.2. The van der Waals surface area contributed by atoms with Gasteiger partial charge in [0.1, 0.15) is 5.75 Å². The summed E-state index contributed by atoms with van der Waals surface area (Å²) in [7, 11) is 0. The summed E-state index contributed by atoms with van der Waals surface area (Å²) >= 11 is 6.01. The number of nitrogens with zero attached hydrogens (tertiary/aromatic N) is 2. The van der Waals surface area contributed by atoms with Crippen molar-refractivity contribution in [2.24, 2.45) is 0 Å². The summed E-state index contributed by atoms with van der Waals surface area (Å²) in [5, 5.41) is 10.2. The predicted molar refractivity (Wildman–Crippen MR) is 96.4 cm³/mol. The van der Waals surface area contributed by atoms with E-state index in [0.717, 1.165) is 37.6 Å². The number of piperazine rings is 1. The van der Waals surface area contributed by atoms with Crippen molar-refractivity contribution in [3.05, 3.63) is 59.1 Å². The largest absolute Gasteiger partial charge is 0.508 e. The maximum absolute atomic E-state index is 9.41. The van der Waals surface area contributed by atoms with Crippen LogP contribution in [0.4, 0.5) is 5.69 Å². The number of hydrogen-bond acceptors (Lipinski definition) is 3. The molecule has 0 amide bonds. The van der Waals surface area contributed by atoms with Gasteiger partial charge in [0, 0.05) is 42.9 Å². The first-order valence-corrected chi connectivity index (χ1v) is 8.58. The Balaban J connectivity index is 1.65. The van der Waals surface area contributed by atoms with Crippen LogP contribution in [0, 0.1) is 0 Å². The SMILES string of the molecule is CC[C@@H](c1ccc(Cl)cc1)N1CCN(c2ccc(O)cc2)CC1. The summed E-state index contributed by atoms with van der Waals surface area (Å²) < 4.78 is 0. The van der Waals surface area contributed by atoms with Gasteiger partial charge < -0.3 is 10.0 Å². The van der Waals surface area contributed by atoms with Crippen molar-refractivity contribution in [3.63, 3.8) is 0 Å². The van der Waals surface area contributed by atoms with E-state index in [1.165, 1.54) is 11.3 Å². The Hall–Kier alpha value is -1.71. The average molecular weight is 331 g/mol. The fourth-order valence-corrected chi connectivity index (χ4v) is 3.47. The molecular formula is C19H23ClN2O. The number of aromatic hydroxyl groups is 1. The molecule has 1 aliphatic heterocycles. The summed E-state index contributed by atoms with van der Waals surface area (Å²) in [6.45, 7) is 6.35. The maximum Gasteiger partial charge on any atom is 0.115 e. The molecule has 3 nitrogen and oxygen atoms in total. The van der Waals surface area contributed by atoms with E-state index in [9.17, 15) is 5.11 Å². The molecular weight excluding hydrogens is 308 g/mol. The highest BCUT2D eigenvalue weighted by atomic mass is 35.5. The molecule has 0 unspecified atom stereocenters. The highest BCUT2D eigenvalue weighted by Crippen LogP contribution is 2.28. The molecule has 0 saturated carbocycles. The number of phenols is 1. The van der Waals surface area contributed by atoms with Crippen molar-refractivity contribution in [1.82, 2.24) is 4.90 Å². The molecule has 1 saturated heterocycles. The smallest absolute Gasteiger partial charge is 0.115 e. The molecule has 1 fully saturated rings. The highest BCUT2D eigenvalue weighted by molar-refractivity contribution is 6.30. The molecule has 3 rings (SSSR count). The number of phenolic OH excluding ortho intramolecular Hbond substituents is 1. The third-order valence-electron chi connectivity index (χ3n) is 4.61. The Labute approximate surface area is 143 Å². The Morgan fingerprint density at radius 3 is 2.13 bits per heavy atom. The lowest BCUT2D eigenvalue weighted by Gasteiger charge is -2.40. The molecule has 0 aromatic heterocycles. The minimum Gasteiger partial charge on any atom is -0.508 e. The Morgan fingerprint density at radius 2 is 1.57 bits per heavy atom. The number of rotatable bonds is 4. The molecule has 0 spiro atoms. The zero-order chi connectivity index (χ0) is 16.2. The van der Waals surface area contributed by atoms with Gasteiger partial charge in [0.05, 0.1) is 0 Å². The van der Waals surface area contributed by atoms with Crippen LogP contribution in [0.1, 0.15) is 24.9 Å². The molecule has 0 aliphatic carbocycles. The summed E-state index contributed by atoms with van der Waals surface area (Å²) in [4.78, 5) is 4.94. The van der Waals surface area contributed by atoms with Gasteiger partial charge in [-0.25, -0.2) is 0 Å². The van der Waals surface area contributed by atoms with E-state index >= 15 is 0 Å². The van der Waals surface area contributed by atoms with Crippen LogP contribution in [0.15, 0.2) is 48.5 Å². The van der Waals surface area contributed by atoms with E-state index < -0.39 is 0 Å². The number of hydrogen-bond donors (Lipinski definition) is 1. The lowest BCUT2D eigenvalue weighted by Crippen LogP contribution is -2.47. The van der Waals surface area contributed by atoms with Crippen LogP contribution in [-0.4, -0.2) is 36.2 Å². The fraction of sp³-hybridized carbons (Fsp3) is 0.368. The molecule has 1 heterocycles. The number of halogens is 1. The predicted octanol–water partition coefficient (Wildman–Crippen LogP) is 4.32. The van der Waals surface area contributed by atoms with Crippen molar-refractivity contribution in [1.29, 1.82) is 0 Å². The lowest BCUT2D eigenvalue weighted by atomic mass is 10.0. The summed E-state index contributed by atoms with van der Waals surface area (Å²) in [6.07, 6.45) is 1.10. The van der Waals surface area contributed by atoms with Gasteiger partial charge in [0.25, 0.3) is 0 Å². The zero-order valence-corrected chi connectivity index (χ0v) is 14.2. The van der Waals surface area contributed by atoms with Gasteiger partial charge in [-0.3, -0.25) is 4.90 Å². The second-order valence-corrected chi connectivity index (χ2v) is 6.45. The Kier molecular flexibility index (Phi) is 5.09. The van der Waals surface area contributed by atoms with Gasteiger partial charge in [0.2, 0.25) is 0 Å². The molecule has 0 bridgehead atoms. The molecule has 2 aromatic carbocycles. The van der Waals surface area contributed by atoms with Crippen LogP contribution < -0.4 is 4.90 Å². The van der Waals surface area contributed by atoms with Gasteiger partial charge >= 0.3 is 0 Å². The van der Waals surface area contributed by atoms with E-state index in [2.05, 4.69) is 28.9 Å². The van der Waals surface area contributed by atoms with Crippen LogP contribution in [0.25, 0.3) is 0 Å². The van der Waals surface area contributed by atoms with Crippen molar-refractivity contribution >= 4 is 17.3 Å². The van der Waals surface area contributed by atoms with E-state index in [-0.39, 0.29) is 0 Å². The highest BCUT2D eigenvalue weighted by Gasteiger charge is 2.24. The fourth-order valence-electron chi connectivity index (χ4n) is 3.34. The van der Waals surface area contributed by atoms with Crippen LogP contribution in [0.2, 0.25) is 5.02 Å². The van der Waals surface area contributed by atoms with Gasteiger partial charge in [-0.2, -0.15) is 0 Å². The summed E-state index contributed by atoms with van der Waals surface area (Å²) in [6, 6.07) is 16.2. The molecule has 4 heteroatoms. The van der Waals surface area contributed by atoms with E-state index in [4.69, 9.17) is 11.6 Å². The van der Waals surface area contributed by atoms with Crippen LogP contribution in [-0.2, 0) is 0 Å². The van der Waals surface area contributed by atoms with E-state index in [1.807, 2.05) is 24.3 Å². The zero-order valence-electron chi connectivity index (χ0n) is 13.5. The molecule has 2 aromatic rings. The molecule has 23 heavy (non-hydrogen) atoms. The molecule has 1 N–H and O–H groups in total. The summed E-state index contributed by atoms with van der Waals surface area (Å²) in [5.74, 6) is 0.321. The van der Waals surface area contributed by atoms with Gasteiger partial charge in [-0.05, 0) is 48.4 Å². The first-order valence-electron chi connectivity index (χ1n) is 8.21. The monoisotopic (exact) mass is 330 g/mol. The van der Waals surface area contributed by atoms with Gasteiger partial charge in [0.15, 0.2) is 0 Å². The standard InChI is InChI=1S/C19H23ClN2O/c1-2-19(15-3-5-16(20)6-4-15)22-13-11-21(12-14-22)17-7-9-18(23)10-8-17/h3-10,19,23H,2,11-14H2,1H3/t19-/m0/s1. The second kappa shape index (κ2) is 7.24. The second-order valence-electron chi connectivity index (χ2n) is 6.02. The van der Waals surface area contributed by atoms with E-state index in [0.29, 0.717) is 11.8 Å². The number of benzene rings is 2. The minimum atomic E-state index is 0.321. The Bertz CT molecular complexity index is 619. The first kappa shape index (κ1) is 16.2. The van der Waals surface area contributed by atoms with Crippen LogP contribution in [0.5, 0.6) is 5.75 Å². The van der Waals surface area contributed by atoms with Crippen LogP contribution >= 0.6 is 11.6 Å². The topological polar surface area (TPSA) is 26.7 Å². The van der Waals surface area contributed by atoms with Crippen molar-refractivity contribution < 1.29 is 5.11 Å². The van der Waals surface area contributed by atoms with Crippen molar-refractivity contribution in [3.8, 4) is 5.75 Å². The Morgan fingerprint density at radius 1 is 0.957 bits per heavy atom. The van der Waals surface area contributed by atoms with Crippen molar-refractivity contribution in [2.45, 2.75) is 19.4 Å². The third kappa shape index (κ3) is 3.80. The first-order chi connectivity index (χ1) is 11.2. The van der Waals surface area contributed by atoms with Gasteiger partial charge in [-0.1, -0.05) is 30.7 Å². The lowest BCUT2D eigenvalue weighted by molar-refractivity contribution is 0.181. The quantitative estimate of drug-likeness (QED) is 0.904. The van der Waals surface area contributed by atoms with Crippen molar-refractivity contribution in [2.75, 3.05) is 31.1 Å². The minimum absolute atomic E-state index is 0.321. The molecule has 0 radical (unpaired) electrons. The number of anilines is 1.